The predicted octanol–water partition coefficient (Wildman–Crippen LogP) is 0.343. The summed E-state index contributed by atoms with van der Waals surface area (Å²) in [5.74, 6) is 0. The van der Waals surface area contributed by atoms with E-state index in [2.05, 4.69) is 4.72 Å². The fourth-order valence-corrected chi connectivity index (χ4v) is 2.91. The van der Waals surface area contributed by atoms with Crippen molar-refractivity contribution in [1.29, 1.82) is 0 Å². The molecule has 90 valence electrons. The van der Waals surface area contributed by atoms with E-state index in [1.54, 1.807) is 7.11 Å². The summed E-state index contributed by atoms with van der Waals surface area (Å²) in [6.07, 6.45) is 4.19. The van der Waals surface area contributed by atoms with Crippen molar-refractivity contribution in [3.63, 3.8) is 0 Å². The Kier molecular flexibility index (Phi) is 5.52. The molecule has 0 aromatic rings. The van der Waals surface area contributed by atoms with E-state index in [4.69, 9.17) is 4.74 Å². The molecule has 0 atom stereocenters. The lowest BCUT2D eigenvalue weighted by Crippen LogP contribution is -2.42. The Labute approximate surface area is 92.0 Å². The van der Waals surface area contributed by atoms with Crippen molar-refractivity contribution in [1.82, 2.24) is 9.03 Å². The molecule has 6 heteroatoms. The summed E-state index contributed by atoms with van der Waals surface area (Å²) in [5, 5.41) is 0. The number of hydrogen-bond acceptors (Lipinski definition) is 3. The molecule has 0 unspecified atom stereocenters. The van der Waals surface area contributed by atoms with Gasteiger partial charge in [0.2, 0.25) is 0 Å². The van der Waals surface area contributed by atoms with Gasteiger partial charge in [-0.1, -0.05) is 12.8 Å². The number of ether oxygens (including phenoxy) is 1. The Hall–Kier alpha value is -0.170. The summed E-state index contributed by atoms with van der Waals surface area (Å²) in [6, 6.07) is 0. The Balaban J connectivity index is 2.43. The molecule has 5 nitrogen and oxygen atoms in total. The highest BCUT2D eigenvalue weighted by Crippen LogP contribution is 2.11. The van der Waals surface area contributed by atoms with Crippen LogP contribution in [0.4, 0.5) is 0 Å². The zero-order chi connectivity index (χ0) is 11.1. The number of hydrogen-bond donors (Lipinski definition) is 1. The number of methoxy groups -OCH3 is 1. The summed E-state index contributed by atoms with van der Waals surface area (Å²) < 4.78 is 32.4. The maximum atomic E-state index is 11.8. The number of rotatable bonds is 5. The molecule has 1 heterocycles. The van der Waals surface area contributed by atoms with Gasteiger partial charge in [0.25, 0.3) is 10.2 Å². The van der Waals surface area contributed by atoms with Crippen LogP contribution in [0.5, 0.6) is 0 Å². The van der Waals surface area contributed by atoms with Crippen LogP contribution in [0.25, 0.3) is 0 Å². The molecular formula is C9H20N2O3S. The molecular weight excluding hydrogens is 216 g/mol. The molecule has 0 bridgehead atoms. The first-order chi connectivity index (χ1) is 7.17. The second-order valence-corrected chi connectivity index (χ2v) is 5.46. The van der Waals surface area contributed by atoms with E-state index in [1.165, 1.54) is 4.31 Å². The van der Waals surface area contributed by atoms with E-state index in [-0.39, 0.29) is 0 Å². The maximum Gasteiger partial charge on any atom is 0.279 e. The molecule has 15 heavy (non-hydrogen) atoms. The van der Waals surface area contributed by atoms with Crippen LogP contribution in [-0.4, -0.2) is 46.1 Å². The lowest BCUT2D eigenvalue weighted by Gasteiger charge is -2.19. The van der Waals surface area contributed by atoms with Crippen LogP contribution in [0.2, 0.25) is 0 Å². The fraction of sp³-hybridized carbons (Fsp3) is 1.00. The second kappa shape index (κ2) is 6.42. The summed E-state index contributed by atoms with van der Waals surface area (Å²) in [5.41, 5.74) is 0. The van der Waals surface area contributed by atoms with Crippen molar-refractivity contribution in [3.8, 4) is 0 Å². The van der Waals surface area contributed by atoms with Crippen LogP contribution in [0.3, 0.4) is 0 Å². The zero-order valence-corrected chi connectivity index (χ0v) is 10.1. The van der Waals surface area contributed by atoms with E-state index < -0.39 is 10.2 Å². The van der Waals surface area contributed by atoms with Gasteiger partial charge in [-0.05, 0) is 12.8 Å². The van der Waals surface area contributed by atoms with Crippen LogP contribution in [0.1, 0.15) is 25.7 Å². The molecule has 0 saturated carbocycles. The van der Waals surface area contributed by atoms with Crippen LogP contribution >= 0.6 is 0 Å². The third-order valence-electron chi connectivity index (χ3n) is 2.50. The van der Waals surface area contributed by atoms with Gasteiger partial charge in [-0.3, -0.25) is 0 Å². The highest BCUT2D eigenvalue weighted by Gasteiger charge is 2.21. The van der Waals surface area contributed by atoms with E-state index in [1.807, 2.05) is 0 Å². The van der Waals surface area contributed by atoms with Crippen molar-refractivity contribution in [2.75, 3.05) is 33.4 Å². The number of nitrogens with zero attached hydrogens (tertiary/aromatic N) is 1. The minimum Gasteiger partial charge on any atom is -0.383 e. The third kappa shape index (κ3) is 4.46. The quantitative estimate of drug-likeness (QED) is 0.700. The SMILES string of the molecule is COCCNS(=O)(=O)N1CCCCCC1. The molecule has 1 saturated heterocycles. The van der Waals surface area contributed by atoms with Gasteiger partial charge in [0.15, 0.2) is 0 Å². The standard InChI is InChI=1S/C9H20N2O3S/c1-14-9-6-10-15(12,13)11-7-4-2-3-5-8-11/h10H,2-9H2,1H3. The van der Waals surface area contributed by atoms with Crippen molar-refractivity contribution in [2.24, 2.45) is 0 Å². The molecule has 0 aromatic carbocycles. The molecule has 1 rings (SSSR count). The minimum absolute atomic E-state index is 0.343. The van der Waals surface area contributed by atoms with E-state index >= 15 is 0 Å². The molecule has 0 aliphatic carbocycles. The van der Waals surface area contributed by atoms with Gasteiger partial charge in [-0.25, -0.2) is 0 Å². The topological polar surface area (TPSA) is 58.6 Å². The van der Waals surface area contributed by atoms with E-state index in [0.717, 1.165) is 25.7 Å². The largest absolute Gasteiger partial charge is 0.383 e. The van der Waals surface area contributed by atoms with Crippen LogP contribution in [0.15, 0.2) is 0 Å². The van der Waals surface area contributed by atoms with Gasteiger partial charge in [0.1, 0.15) is 0 Å². The summed E-state index contributed by atoms with van der Waals surface area (Å²) in [4.78, 5) is 0. The predicted molar refractivity (Wildman–Crippen MR) is 58.8 cm³/mol. The van der Waals surface area contributed by atoms with Crippen LogP contribution < -0.4 is 4.72 Å². The van der Waals surface area contributed by atoms with Gasteiger partial charge in [-0.2, -0.15) is 17.4 Å². The summed E-state index contributed by atoms with van der Waals surface area (Å²) in [7, 11) is -1.72. The van der Waals surface area contributed by atoms with Crippen LogP contribution in [-0.2, 0) is 14.9 Å². The highest BCUT2D eigenvalue weighted by molar-refractivity contribution is 7.87. The monoisotopic (exact) mass is 236 g/mol. The molecule has 1 fully saturated rings. The first-order valence-electron chi connectivity index (χ1n) is 5.40. The van der Waals surface area contributed by atoms with Crippen molar-refractivity contribution < 1.29 is 13.2 Å². The zero-order valence-electron chi connectivity index (χ0n) is 9.24. The van der Waals surface area contributed by atoms with Gasteiger partial charge in [0.05, 0.1) is 6.61 Å². The first kappa shape index (κ1) is 12.9. The highest BCUT2D eigenvalue weighted by atomic mass is 32.2. The Morgan fingerprint density at radius 1 is 1.20 bits per heavy atom. The molecule has 0 amide bonds. The summed E-state index contributed by atoms with van der Waals surface area (Å²) >= 11 is 0. The fourth-order valence-electron chi connectivity index (χ4n) is 1.65. The molecule has 1 aliphatic rings. The smallest absolute Gasteiger partial charge is 0.279 e. The third-order valence-corrected chi connectivity index (χ3v) is 4.11. The summed E-state index contributed by atoms with van der Waals surface area (Å²) in [6.45, 7) is 2.03. The molecule has 0 aromatic heterocycles. The average molecular weight is 236 g/mol. The lowest BCUT2D eigenvalue weighted by atomic mass is 10.2. The molecule has 0 radical (unpaired) electrons. The van der Waals surface area contributed by atoms with Gasteiger partial charge in [0, 0.05) is 26.7 Å². The van der Waals surface area contributed by atoms with Gasteiger partial charge >= 0.3 is 0 Å². The first-order valence-corrected chi connectivity index (χ1v) is 6.84. The lowest BCUT2D eigenvalue weighted by molar-refractivity contribution is 0.203. The van der Waals surface area contributed by atoms with Crippen LogP contribution in [0, 0.1) is 0 Å². The normalized spacial score (nSPS) is 20.1. The van der Waals surface area contributed by atoms with E-state index in [0.29, 0.717) is 26.2 Å². The average Bonchev–Trinajstić information content (AvgIpc) is 2.46. The molecule has 1 N–H and O–H groups in total. The van der Waals surface area contributed by atoms with Crippen molar-refractivity contribution in [3.05, 3.63) is 0 Å². The molecule has 1 aliphatic heterocycles. The molecule has 0 spiro atoms. The second-order valence-electron chi connectivity index (χ2n) is 3.71. The van der Waals surface area contributed by atoms with Crippen molar-refractivity contribution >= 4 is 10.2 Å². The van der Waals surface area contributed by atoms with Crippen molar-refractivity contribution in [2.45, 2.75) is 25.7 Å². The van der Waals surface area contributed by atoms with Gasteiger partial charge < -0.3 is 4.74 Å². The maximum absolute atomic E-state index is 11.8. The Morgan fingerprint density at radius 3 is 2.33 bits per heavy atom. The number of nitrogens with one attached hydrogen (secondary N) is 1. The minimum atomic E-state index is -3.28. The van der Waals surface area contributed by atoms with Gasteiger partial charge in [-0.15, -0.1) is 0 Å². The Morgan fingerprint density at radius 2 is 1.80 bits per heavy atom. The van der Waals surface area contributed by atoms with E-state index in [9.17, 15) is 8.42 Å². The Bertz CT molecular complexity index is 259.